The zero-order chi connectivity index (χ0) is 33.6. The zero-order valence-electron chi connectivity index (χ0n) is 27.5. The molecule has 5 rings (SSSR count). The van der Waals surface area contributed by atoms with Crippen molar-refractivity contribution in [3.63, 3.8) is 0 Å². The molecule has 3 heterocycles. The molecular formula is C34H48N4O8. The highest BCUT2D eigenvalue weighted by Gasteiger charge is 2.61. The van der Waals surface area contributed by atoms with Crippen LogP contribution in [0.4, 0.5) is 9.59 Å². The van der Waals surface area contributed by atoms with Gasteiger partial charge < -0.3 is 30.1 Å². The maximum Gasteiger partial charge on any atom is 0.410 e. The van der Waals surface area contributed by atoms with Crippen molar-refractivity contribution in [3.8, 4) is 0 Å². The van der Waals surface area contributed by atoms with Gasteiger partial charge in [-0.1, -0.05) is 63.1 Å². The molecule has 0 aromatic heterocycles. The van der Waals surface area contributed by atoms with Crippen molar-refractivity contribution in [1.82, 2.24) is 20.4 Å². The Kier molecular flexibility index (Phi) is 11.0. The number of hydrogen-bond acceptors (Lipinski definition) is 7. The SMILES string of the molecule is CC.CC(C)(C)OC(=O)N[C@H]1CCCCC/C=C\[C@@H]2C[C@@]2(C(=O)O)NC(=O)[C@@H]2C[C@@H](OC(=O)N3Cc4ccccc4C3)CN2C1=O. The fraction of sp³-hybridized carbons (Fsp3) is 0.618. The second-order valence-corrected chi connectivity index (χ2v) is 13.2. The number of hydrogen-bond donors (Lipinski definition) is 3. The molecule has 4 amide bonds. The van der Waals surface area contributed by atoms with Gasteiger partial charge in [0.15, 0.2) is 0 Å². The topological polar surface area (TPSA) is 155 Å². The minimum atomic E-state index is -1.45. The molecule has 5 atom stereocenters. The standard InChI is InChI=1S/C32H42N4O8.C2H6/c1-31(2,3)44-29(41)33-24-14-8-6-4-5-7-13-22-16-32(22,28(39)40)34-26(37)25-15-23(19-36(25)27(24)38)43-30(42)35-17-20-11-9-10-12-21(20)18-35;1-2/h7,9-13,22-25H,4-6,8,14-19H2,1-3H3,(H,33,41)(H,34,37)(H,39,40);1-2H3/b13-7-;/t22-,23-,24+,25+,32-;/m1./s1. The van der Waals surface area contributed by atoms with E-state index in [0.717, 1.165) is 30.4 Å². The lowest BCUT2D eigenvalue weighted by molar-refractivity contribution is -0.145. The van der Waals surface area contributed by atoms with Crippen LogP contribution in [-0.4, -0.2) is 80.7 Å². The zero-order valence-corrected chi connectivity index (χ0v) is 27.5. The number of carbonyl (C=O) groups is 5. The van der Waals surface area contributed by atoms with Gasteiger partial charge in [0, 0.05) is 25.4 Å². The number of carbonyl (C=O) groups excluding carboxylic acids is 4. The number of rotatable bonds is 3. The van der Waals surface area contributed by atoms with E-state index in [1.807, 2.05) is 50.3 Å². The van der Waals surface area contributed by atoms with E-state index in [-0.39, 0.29) is 25.3 Å². The van der Waals surface area contributed by atoms with Crippen LogP contribution in [0.5, 0.6) is 0 Å². The molecule has 1 saturated heterocycles. The summed E-state index contributed by atoms with van der Waals surface area (Å²) in [4.78, 5) is 68.8. The Labute approximate surface area is 270 Å². The van der Waals surface area contributed by atoms with Gasteiger partial charge in [-0.3, -0.25) is 14.5 Å². The van der Waals surface area contributed by atoms with Crippen molar-refractivity contribution in [2.24, 2.45) is 5.92 Å². The average molecular weight is 641 g/mol. The number of amides is 4. The van der Waals surface area contributed by atoms with Crippen LogP contribution >= 0.6 is 0 Å². The first-order chi connectivity index (χ1) is 21.9. The molecule has 2 fully saturated rings. The number of alkyl carbamates (subject to hydrolysis) is 1. The number of nitrogens with one attached hydrogen (secondary N) is 2. The lowest BCUT2D eigenvalue weighted by Gasteiger charge is -2.30. The van der Waals surface area contributed by atoms with E-state index in [0.29, 0.717) is 25.9 Å². The molecule has 0 unspecified atom stereocenters. The van der Waals surface area contributed by atoms with Gasteiger partial charge in [-0.05, 0) is 57.6 Å². The van der Waals surface area contributed by atoms with Crippen molar-refractivity contribution in [2.75, 3.05) is 6.54 Å². The Balaban J connectivity index is 0.00000235. The molecule has 3 aliphatic heterocycles. The number of benzene rings is 1. The molecule has 0 bridgehead atoms. The first kappa shape index (κ1) is 34.8. The van der Waals surface area contributed by atoms with Gasteiger partial charge in [-0.15, -0.1) is 0 Å². The highest BCUT2D eigenvalue weighted by molar-refractivity contribution is 5.96. The van der Waals surface area contributed by atoms with Gasteiger partial charge in [0.25, 0.3) is 0 Å². The van der Waals surface area contributed by atoms with Crippen LogP contribution in [0, 0.1) is 5.92 Å². The first-order valence-electron chi connectivity index (χ1n) is 16.4. The number of nitrogens with zero attached hydrogens (tertiary/aromatic N) is 2. The van der Waals surface area contributed by atoms with Gasteiger partial charge in [0.1, 0.15) is 29.3 Å². The number of carboxylic acid groups (broad SMARTS) is 1. The Morgan fingerprint density at radius 3 is 2.35 bits per heavy atom. The Morgan fingerprint density at radius 2 is 1.72 bits per heavy atom. The summed E-state index contributed by atoms with van der Waals surface area (Å²) in [6, 6.07) is 5.65. The van der Waals surface area contributed by atoms with Crippen molar-refractivity contribution < 1.29 is 38.6 Å². The van der Waals surface area contributed by atoms with E-state index in [1.165, 1.54) is 4.90 Å². The van der Waals surface area contributed by atoms with Gasteiger partial charge in [0.05, 0.1) is 6.54 Å². The predicted molar refractivity (Wildman–Crippen MR) is 169 cm³/mol. The molecule has 3 N–H and O–H groups in total. The lowest BCUT2D eigenvalue weighted by atomic mass is 10.0. The molecule has 1 aliphatic carbocycles. The second kappa shape index (κ2) is 14.6. The van der Waals surface area contributed by atoms with Crippen molar-refractivity contribution in [3.05, 3.63) is 47.5 Å². The second-order valence-electron chi connectivity index (χ2n) is 13.2. The summed E-state index contributed by atoms with van der Waals surface area (Å²) >= 11 is 0. The van der Waals surface area contributed by atoms with Crippen LogP contribution in [0.25, 0.3) is 0 Å². The Morgan fingerprint density at radius 1 is 1.04 bits per heavy atom. The third-order valence-electron chi connectivity index (χ3n) is 8.68. The number of fused-ring (bicyclic) bond motifs is 3. The Bertz CT molecular complexity index is 1320. The fourth-order valence-corrected chi connectivity index (χ4v) is 6.28. The highest BCUT2D eigenvalue weighted by Crippen LogP contribution is 2.45. The number of ether oxygens (including phenoxy) is 2. The summed E-state index contributed by atoms with van der Waals surface area (Å²) in [5.41, 5.74) is -0.176. The van der Waals surface area contributed by atoms with Gasteiger partial charge >= 0.3 is 18.2 Å². The predicted octanol–water partition coefficient (Wildman–Crippen LogP) is 4.51. The average Bonchev–Trinajstić information content (AvgIpc) is 3.32. The van der Waals surface area contributed by atoms with Crippen molar-refractivity contribution >= 4 is 30.0 Å². The van der Waals surface area contributed by atoms with E-state index in [1.54, 1.807) is 25.7 Å². The normalized spacial score (nSPS) is 28.5. The van der Waals surface area contributed by atoms with Gasteiger partial charge in [-0.2, -0.15) is 0 Å². The summed E-state index contributed by atoms with van der Waals surface area (Å²) in [5, 5.41) is 15.4. The maximum absolute atomic E-state index is 14.0. The van der Waals surface area contributed by atoms with Crippen molar-refractivity contribution in [1.29, 1.82) is 0 Å². The molecule has 0 spiro atoms. The number of carboxylic acids is 1. The van der Waals surface area contributed by atoms with E-state index >= 15 is 0 Å². The number of aliphatic carboxylic acids is 1. The third-order valence-corrected chi connectivity index (χ3v) is 8.68. The largest absolute Gasteiger partial charge is 0.479 e. The van der Waals surface area contributed by atoms with Crippen LogP contribution in [0.1, 0.15) is 90.7 Å². The molecule has 12 heteroatoms. The van der Waals surface area contributed by atoms with E-state index in [2.05, 4.69) is 10.6 Å². The molecule has 46 heavy (non-hydrogen) atoms. The van der Waals surface area contributed by atoms with E-state index < -0.39 is 59.3 Å². The van der Waals surface area contributed by atoms with Gasteiger partial charge in [-0.25, -0.2) is 14.4 Å². The lowest BCUT2D eigenvalue weighted by Crippen LogP contribution is -2.56. The third kappa shape index (κ3) is 8.19. The molecule has 1 saturated carbocycles. The summed E-state index contributed by atoms with van der Waals surface area (Å²) in [6.07, 6.45) is 5.25. The number of allylic oxidation sites excluding steroid dienone is 1. The molecule has 252 valence electrons. The van der Waals surface area contributed by atoms with Crippen molar-refractivity contribution in [2.45, 2.75) is 122 Å². The monoisotopic (exact) mass is 640 g/mol. The maximum atomic E-state index is 14.0. The van der Waals surface area contributed by atoms with Crippen LogP contribution in [0.2, 0.25) is 0 Å². The molecule has 0 radical (unpaired) electrons. The molecule has 4 aliphatic rings. The van der Waals surface area contributed by atoms with Crippen LogP contribution in [-0.2, 0) is 36.9 Å². The smallest absolute Gasteiger partial charge is 0.410 e. The summed E-state index contributed by atoms with van der Waals surface area (Å²) in [6.45, 7) is 9.89. The Hall–Kier alpha value is -4.09. The quantitative estimate of drug-likeness (QED) is 0.408. The van der Waals surface area contributed by atoms with E-state index in [4.69, 9.17) is 9.47 Å². The summed E-state index contributed by atoms with van der Waals surface area (Å²) < 4.78 is 11.2. The molecule has 12 nitrogen and oxygen atoms in total. The molecule has 1 aromatic rings. The van der Waals surface area contributed by atoms with E-state index in [9.17, 15) is 29.1 Å². The van der Waals surface area contributed by atoms with Crippen LogP contribution in [0.15, 0.2) is 36.4 Å². The molecular weight excluding hydrogens is 592 g/mol. The summed E-state index contributed by atoms with van der Waals surface area (Å²) in [7, 11) is 0. The minimum Gasteiger partial charge on any atom is -0.479 e. The highest BCUT2D eigenvalue weighted by atomic mass is 16.6. The first-order valence-corrected chi connectivity index (χ1v) is 16.4. The van der Waals surface area contributed by atoms with Crippen LogP contribution in [0.3, 0.4) is 0 Å². The summed E-state index contributed by atoms with van der Waals surface area (Å²) in [5.74, 6) is -2.63. The van der Waals surface area contributed by atoms with Crippen LogP contribution < -0.4 is 10.6 Å². The molecule has 1 aromatic carbocycles. The minimum absolute atomic E-state index is 0.000531. The van der Waals surface area contributed by atoms with Gasteiger partial charge in [0.2, 0.25) is 11.8 Å². The fourth-order valence-electron chi connectivity index (χ4n) is 6.28.